The van der Waals surface area contributed by atoms with Crippen molar-refractivity contribution in [3.63, 3.8) is 0 Å². The van der Waals surface area contributed by atoms with Crippen LogP contribution < -0.4 is 14.8 Å². The van der Waals surface area contributed by atoms with Gasteiger partial charge in [-0.25, -0.2) is 0 Å². The molecular weight excluding hydrogens is 362 g/mol. The molecule has 1 amide bonds. The van der Waals surface area contributed by atoms with Crippen LogP contribution in [0.4, 0.5) is 5.69 Å². The Hall–Kier alpha value is -3.27. The summed E-state index contributed by atoms with van der Waals surface area (Å²) in [6, 6.07) is 23.6. The minimum absolute atomic E-state index is 0.0208. The number of ether oxygens (including phenoxy) is 2. The summed E-state index contributed by atoms with van der Waals surface area (Å²) in [4.78, 5) is 12.1. The maximum absolute atomic E-state index is 12.1. The average Bonchev–Trinajstić information content (AvgIpc) is 2.74. The first-order valence-electron chi connectivity index (χ1n) is 9.87. The van der Waals surface area contributed by atoms with Crippen LogP contribution in [-0.2, 0) is 11.4 Å². The Kier molecular flexibility index (Phi) is 7.28. The van der Waals surface area contributed by atoms with Gasteiger partial charge in [0, 0.05) is 12.1 Å². The predicted octanol–water partition coefficient (Wildman–Crippen LogP) is 5.68. The first-order valence-corrected chi connectivity index (χ1v) is 9.87. The summed E-state index contributed by atoms with van der Waals surface area (Å²) in [5.74, 6) is 1.64. The first-order chi connectivity index (χ1) is 14.1. The summed E-state index contributed by atoms with van der Waals surface area (Å²) in [5, 5.41) is 2.91. The third-order valence-corrected chi connectivity index (χ3v) is 4.54. The number of nitrogens with one attached hydrogen (secondary N) is 1. The standard InChI is InChI=1S/C25H27NO3/c1-19-10-11-20(2)24(17-19)28-16-6-9-25(27)26-22-12-14-23(15-13-22)29-18-21-7-4-3-5-8-21/h3-5,7-8,10-15,17H,6,9,16,18H2,1-2H3,(H,26,27). The van der Waals surface area contributed by atoms with E-state index in [9.17, 15) is 4.79 Å². The van der Waals surface area contributed by atoms with Crippen LogP contribution in [0.25, 0.3) is 0 Å². The van der Waals surface area contributed by atoms with E-state index in [1.807, 2.05) is 80.6 Å². The molecule has 0 saturated heterocycles. The fraction of sp³-hybridized carbons (Fsp3) is 0.240. The van der Waals surface area contributed by atoms with Gasteiger partial charge in [0.05, 0.1) is 6.61 Å². The van der Waals surface area contributed by atoms with Crippen molar-refractivity contribution < 1.29 is 14.3 Å². The molecular formula is C25H27NO3. The topological polar surface area (TPSA) is 47.6 Å². The molecule has 0 saturated carbocycles. The second-order valence-corrected chi connectivity index (χ2v) is 7.07. The number of amides is 1. The molecule has 0 atom stereocenters. The quantitative estimate of drug-likeness (QED) is 0.479. The second-order valence-electron chi connectivity index (χ2n) is 7.07. The van der Waals surface area contributed by atoms with Crippen LogP contribution >= 0.6 is 0 Å². The summed E-state index contributed by atoms with van der Waals surface area (Å²) in [7, 11) is 0. The van der Waals surface area contributed by atoms with Gasteiger partial charge in [-0.05, 0) is 67.3 Å². The van der Waals surface area contributed by atoms with Gasteiger partial charge in [0.2, 0.25) is 5.91 Å². The smallest absolute Gasteiger partial charge is 0.224 e. The Morgan fingerprint density at radius 2 is 1.66 bits per heavy atom. The van der Waals surface area contributed by atoms with E-state index in [2.05, 4.69) is 11.4 Å². The summed E-state index contributed by atoms with van der Waals surface area (Å²) in [5.41, 5.74) is 4.15. The average molecular weight is 389 g/mol. The Labute approximate surface area is 172 Å². The maximum atomic E-state index is 12.1. The Morgan fingerprint density at radius 3 is 2.41 bits per heavy atom. The van der Waals surface area contributed by atoms with Crippen LogP contribution in [0, 0.1) is 13.8 Å². The summed E-state index contributed by atoms with van der Waals surface area (Å²) in [6.07, 6.45) is 1.08. The molecule has 0 aliphatic rings. The Bertz CT molecular complexity index is 921. The number of carbonyl (C=O) groups excluding carboxylic acids is 1. The molecule has 3 aromatic carbocycles. The van der Waals surface area contributed by atoms with Crippen LogP contribution in [0.15, 0.2) is 72.8 Å². The van der Waals surface area contributed by atoms with Crippen LogP contribution in [0.2, 0.25) is 0 Å². The van der Waals surface area contributed by atoms with Crippen molar-refractivity contribution in [2.75, 3.05) is 11.9 Å². The first kappa shape index (κ1) is 20.5. The molecule has 150 valence electrons. The fourth-order valence-corrected chi connectivity index (χ4v) is 2.88. The SMILES string of the molecule is Cc1ccc(C)c(OCCCC(=O)Nc2ccc(OCc3ccccc3)cc2)c1. The molecule has 0 spiro atoms. The Balaban J connectivity index is 1.38. The fourth-order valence-electron chi connectivity index (χ4n) is 2.88. The van der Waals surface area contributed by atoms with E-state index in [0.717, 1.165) is 28.3 Å². The van der Waals surface area contributed by atoms with E-state index in [-0.39, 0.29) is 5.91 Å². The van der Waals surface area contributed by atoms with Crippen LogP contribution in [0.1, 0.15) is 29.5 Å². The molecule has 3 rings (SSSR count). The van der Waals surface area contributed by atoms with Gasteiger partial charge in [-0.1, -0.05) is 42.5 Å². The summed E-state index contributed by atoms with van der Waals surface area (Å²) >= 11 is 0. The van der Waals surface area contributed by atoms with Crippen molar-refractivity contribution in [3.05, 3.63) is 89.5 Å². The highest BCUT2D eigenvalue weighted by atomic mass is 16.5. The lowest BCUT2D eigenvalue weighted by Gasteiger charge is -2.10. The largest absolute Gasteiger partial charge is 0.493 e. The number of rotatable bonds is 9. The molecule has 0 radical (unpaired) electrons. The molecule has 0 heterocycles. The lowest BCUT2D eigenvalue weighted by atomic mass is 10.1. The minimum atomic E-state index is -0.0208. The van der Waals surface area contributed by atoms with Gasteiger partial charge in [-0.2, -0.15) is 0 Å². The lowest BCUT2D eigenvalue weighted by molar-refractivity contribution is -0.116. The minimum Gasteiger partial charge on any atom is -0.493 e. The zero-order valence-electron chi connectivity index (χ0n) is 17.0. The molecule has 0 aliphatic heterocycles. The molecule has 1 N–H and O–H groups in total. The van der Waals surface area contributed by atoms with E-state index >= 15 is 0 Å². The number of anilines is 1. The second kappa shape index (κ2) is 10.3. The van der Waals surface area contributed by atoms with Crippen molar-refractivity contribution in [2.24, 2.45) is 0 Å². The van der Waals surface area contributed by atoms with E-state index in [0.29, 0.717) is 26.1 Å². The third kappa shape index (κ3) is 6.68. The normalized spacial score (nSPS) is 10.4. The van der Waals surface area contributed by atoms with E-state index in [1.165, 1.54) is 5.56 Å². The molecule has 4 heteroatoms. The van der Waals surface area contributed by atoms with Gasteiger partial charge < -0.3 is 14.8 Å². The van der Waals surface area contributed by atoms with Crippen molar-refractivity contribution >= 4 is 11.6 Å². The highest BCUT2D eigenvalue weighted by Gasteiger charge is 2.05. The van der Waals surface area contributed by atoms with Gasteiger partial charge in [-0.3, -0.25) is 4.79 Å². The van der Waals surface area contributed by atoms with Crippen molar-refractivity contribution in [3.8, 4) is 11.5 Å². The molecule has 4 nitrogen and oxygen atoms in total. The van der Waals surface area contributed by atoms with Gasteiger partial charge in [-0.15, -0.1) is 0 Å². The number of hydrogen-bond donors (Lipinski definition) is 1. The van der Waals surface area contributed by atoms with Crippen molar-refractivity contribution in [1.82, 2.24) is 0 Å². The molecule has 3 aromatic rings. The van der Waals surface area contributed by atoms with Gasteiger partial charge in [0.25, 0.3) is 0 Å². The molecule has 0 unspecified atom stereocenters. The van der Waals surface area contributed by atoms with Gasteiger partial charge in [0.1, 0.15) is 18.1 Å². The van der Waals surface area contributed by atoms with Gasteiger partial charge in [0.15, 0.2) is 0 Å². The van der Waals surface area contributed by atoms with E-state index in [4.69, 9.17) is 9.47 Å². The third-order valence-electron chi connectivity index (χ3n) is 4.54. The number of hydrogen-bond acceptors (Lipinski definition) is 3. The van der Waals surface area contributed by atoms with E-state index in [1.54, 1.807) is 0 Å². The summed E-state index contributed by atoms with van der Waals surface area (Å²) < 4.78 is 11.6. The molecule has 29 heavy (non-hydrogen) atoms. The monoisotopic (exact) mass is 389 g/mol. The molecule has 0 aliphatic carbocycles. The van der Waals surface area contributed by atoms with Crippen LogP contribution in [0.5, 0.6) is 11.5 Å². The molecule has 0 aromatic heterocycles. The highest BCUT2D eigenvalue weighted by Crippen LogP contribution is 2.20. The van der Waals surface area contributed by atoms with E-state index < -0.39 is 0 Å². The predicted molar refractivity (Wildman–Crippen MR) is 116 cm³/mol. The van der Waals surface area contributed by atoms with Crippen molar-refractivity contribution in [2.45, 2.75) is 33.3 Å². The highest BCUT2D eigenvalue weighted by molar-refractivity contribution is 5.90. The van der Waals surface area contributed by atoms with Crippen LogP contribution in [-0.4, -0.2) is 12.5 Å². The zero-order chi connectivity index (χ0) is 20.5. The number of aryl methyl sites for hydroxylation is 2. The summed E-state index contributed by atoms with van der Waals surface area (Å²) in [6.45, 7) is 5.10. The zero-order valence-corrected chi connectivity index (χ0v) is 17.0. The number of benzene rings is 3. The maximum Gasteiger partial charge on any atom is 0.224 e. The Morgan fingerprint density at radius 1 is 0.897 bits per heavy atom. The van der Waals surface area contributed by atoms with Gasteiger partial charge >= 0.3 is 0 Å². The molecule has 0 bridgehead atoms. The van der Waals surface area contributed by atoms with Crippen LogP contribution in [0.3, 0.4) is 0 Å². The number of carbonyl (C=O) groups is 1. The van der Waals surface area contributed by atoms with Crippen molar-refractivity contribution in [1.29, 1.82) is 0 Å². The lowest BCUT2D eigenvalue weighted by Crippen LogP contribution is -2.12. The molecule has 0 fully saturated rings.